The molecule has 1 saturated heterocycles. The molecule has 2 heteroatoms. The van der Waals surface area contributed by atoms with E-state index in [0.29, 0.717) is 0 Å². The number of hydrogen-bond donors (Lipinski definition) is 1. The molecule has 0 bridgehead atoms. The summed E-state index contributed by atoms with van der Waals surface area (Å²) in [5, 5.41) is 3.83. The molecule has 3 aliphatic rings. The molecule has 16 heavy (non-hydrogen) atoms. The van der Waals surface area contributed by atoms with Gasteiger partial charge in [-0.25, -0.2) is 0 Å². The first-order valence-electron chi connectivity index (χ1n) is 7.39. The van der Waals surface area contributed by atoms with Crippen LogP contribution in [0.1, 0.15) is 51.4 Å². The van der Waals surface area contributed by atoms with Gasteiger partial charge in [0.05, 0.1) is 0 Å². The van der Waals surface area contributed by atoms with E-state index < -0.39 is 0 Å². The minimum atomic E-state index is 0.801. The van der Waals surface area contributed by atoms with E-state index in [1.807, 2.05) is 0 Å². The molecule has 0 radical (unpaired) electrons. The average Bonchev–Trinajstić information content (AvgIpc) is 3.05. The third-order valence-electron chi connectivity index (χ3n) is 4.69. The van der Waals surface area contributed by atoms with Gasteiger partial charge in [-0.3, -0.25) is 4.90 Å². The quantitative estimate of drug-likeness (QED) is 0.786. The lowest BCUT2D eigenvalue weighted by Crippen LogP contribution is -2.47. The summed E-state index contributed by atoms with van der Waals surface area (Å²) in [5.41, 5.74) is 0. The van der Waals surface area contributed by atoms with Crippen molar-refractivity contribution in [1.29, 1.82) is 0 Å². The van der Waals surface area contributed by atoms with Gasteiger partial charge in [0.1, 0.15) is 0 Å². The van der Waals surface area contributed by atoms with E-state index in [1.165, 1.54) is 71.0 Å². The minimum Gasteiger partial charge on any atom is -0.312 e. The molecule has 0 spiro atoms. The van der Waals surface area contributed by atoms with Crippen LogP contribution in [0.3, 0.4) is 0 Å². The largest absolute Gasteiger partial charge is 0.312 e. The Morgan fingerprint density at radius 2 is 1.75 bits per heavy atom. The van der Waals surface area contributed by atoms with Gasteiger partial charge < -0.3 is 5.32 Å². The summed E-state index contributed by atoms with van der Waals surface area (Å²) in [7, 11) is 0. The monoisotopic (exact) mass is 222 g/mol. The second-order valence-corrected chi connectivity index (χ2v) is 6.12. The Labute approximate surface area is 99.8 Å². The summed E-state index contributed by atoms with van der Waals surface area (Å²) in [4.78, 5) is 2.73. The molecule has 1 aliphatic heterocycles. The normalized spacial score (nSPS) is 33.4. The van der Waals surface area contributed by atoms with Crippen LogP contribution in [-0.4, -0.2) is 36.6 Å². The first-order chi connectivity index (χ1) is 7.92. The molecule has 0 aromatic rings. The highest BCUT2D eigenvalue weighted by Crippen LogP contribution is 2.29. The zero-order valence-electron chi connectivity index (χ0n) is 10.5. The Morgan fingerprint density at radius 1 is 0.938 bits per heavy atom. The third-order valence-corrected chi connectivity index (χ3v) is 4.69. The summed E-state index contributed by atoms with van der Waals surface area (Å²) >= 11 is 0. The zero-order valence-corrected chi connectivity index (χ0v) is 10.5. The van der Waals surface area contributed by atoms with Crippen molar-refractivity contribution >= 4 is 0 Å². The van der Waals surface area contributed by atoms with Crippen LogP contribution in [-0.2, 0) is 0 Å². The van der Waals surface area contributed by atoms with Crippen LogP contribution >= 0.6 is 0 Å². The average molecular weight is 222 g/mol. The summed E-state index contributed by atoms with van der Waals surface area (Å²) < 4.78 is 0. The van der Waals surface area contributed by atoms with E-state index in [9.17, 15) is 0 Å². The predicted octanol–water partition coefficient (Wildman–Crippen LogP) is 2.39. The van der Waals surface area contributed by atoms with Crippen molar-refractivity contribution < 1.29 is 0 Å². The lowest BCUT2D eigenvalue weighted by molar-refractivity contribution is 0.179. The maximum atomic E-state index is 3.83. The van der Waals surface area contributed by atoms with Crippen LogP contribution in [0.15, 0.2) is 0 Å². The van der Waals surface area contributed by atoms with Crippen molar-refractivity contribution in [3.8, 4) is 0 Å². The van der Waals surface area contributed by atoms with Crippen molar-refractivity contribution in [2.24, 2.45) is 5.92 Å². The number of rotatable bonds is 4. The molecule has 1 N–H and O–H groups in total. The Bertz CT molecular complexity index is 219. The second-order valence-electron chi connectivity index (χ2n) is 6.12. The Kier molecular flexibility index (Phi) is 3.49. The number of likely N-dealkylation sites (tertiary alicyclic amines) is 1. The van der Waals surface area contributed by atoms with Gasteiger partial charge >= 0.3 is 0 Å². The van der Waals surface area contributed by atoms with Crippen molar-refractivity contribution in [3.63, 3.8) is 0 Å². The van der Waals surface area contributed by atoms with Gasteiger partial charge in [0.2, 0.25) is 0 Å². The van der Waals surface area contributed by atoms with Gasteiger partial charge in [0, 0.05) is 18.6 Å². The van der Waals surface area contributed by atoms with Crippen LogP contribution < -0.4 is 5.32 Å². The van der Waals surface area contributed by atoms with Crippen LogP contribution in [0, 0.1) is 5.92 Å². The molecule has 0 aromatic heterocycles. The van der Waals surface area contributed by atoms with Crippen molar-refractivity contribution in [1.82, 2.24) is 10.2 Å². The Balaban J connectivity index is 1.39. The zero-order chi connectivity index (χ0) is 10.8. The van der Waals surface area contributed by atoms with Gasteiger partial charge in [-0.15, -0.1) is 0 Å². The highest BCUT2D eigenvalue weighted by atomic mass is 15.2. The molecule has 0 amide bonds. The lowest BCUT2D eigenvalue weighted by Gasteiger charge is -2.33. The summed E-state index contributed by atoms with van der Waals surface area (Å²) in [6.07, 6.45) is 11.7. The SMILES string of the molecule is C1CCC(CNC2CCCN(C3CC3)C2)C1. The third kappa shape index (κ3) is 2.78. The molecule has 2 aliphatic carbocycles. The second kappa shape index (κ2) is 5.05. The van der Waals surface area contributed by atoms with Gasteiger partial charge in [-0.1, -0.05) is 12.8 Å². The van der Waals surface area contributed by atoms with Gasteiger partial charge in [0.15, 0.2) is 0 Å². The molecule has 3 fully saturated rings. The smallest absolute Gasteiger partial charge is 0.0195 e. The highest BCUT2D eigenvalue weighted by Gasteiger charge is 2.32. The fraction of sp³-hybridized carbons (Fsp3) is 1.00. The highest BCUT2D eigenvalue weighted by molar-refractivity contribution is 4.90. The number of nitrogens with one attached hydrogen (secondary N) is 1. The van der Waals surface area contributed by atoms with Crippen LogP contribution in [0.4, 0.5) is 0 Å². The molecular weight excluding hydrogens is 196 g/mol. The molecule has 1 unspecified atom stereocenters. The topological polar surface area (TPSA) is 15.3 Å². The molecule has 2 saturated carbocycles. The maximum Gasteiger partial charge on any atom is 0.0195 e. The van der Waals surface area contributed by atoms with Crippen LogP contribution in [0.25, 0.3) is 0 Å². The molecule has 2 nitrogen and oxygen atoms in total. The lowest BCUT2D eigenvalue weighted by atomic mass is 10.0. The van der Waals surface area contributed by atoms with Crippen LogP contribution in [0.5, 0.6) is 0 Å². The van der Waals surface area contributed by atoms with Crippen molar-refractivity contribution in [2.45, 2.75) is 63.5 Å². The number of nitrogens with zero attached hydrogens (tertiary/aromatic N) is 1. The number of hydrogen-bond acceptors (Lipinski definition) is 2. The molecule has 92 valence electrons. The first-order valence-corrected chi connectivity index (χ1v) is 7.39. The molecular formula is C14H26N2. The van der Waals surface area contributed by atoms with Gasteiger partial charge in [0.25, 0.3) is 0 Å². The first kappa shape index (κ1) is 11.0. The molecule has 3 rings (SSSR count). The van der Waals surface area contributed by atoms with E-state index in [0.717, 1.165) is 18.0 Å². The maximum absolute atomic E-state index is 3.83. The van der Waals surface area contributed by atoms with E-state index in [1.54, 1.807) is 0 Å². The Hall–Kier alpha value is -0.0800. The summed E-state index contributed by atoms with van der Waals surface area (Å²) in [6.45, 7) is 3.99. The van der Waals surface area contributed by atoms with Crippen LogP contribution in [0.2, 0.25) is 0 Å². The van der Waals surface area contributed by atoms with E-state index in [2.05, 4.69) is 10.2 Å². The minimum absolute atomic E-state index is 0.801. The standard InChI is InChI=1S/C14H26N2/c1-2-5-12(4-1)10-15-13-6-3-9-16(11-13)14-7-8-14/h12-15H,1-11H2. The summed E-state index contributed by atoms with van der Waals surface area (Å²) in [6, 6.07) is 1.77. The number of piperidine rings is 1. The fourth-order valence-corrected chi connectivity index (χ4v) is 3.49. The predicted molar refractivity (Wildman–Crippen MR) is 67.6 cm³/mol. The molecule has 0 aromatic carbocycles. The fourth-order valence-electron chi connectivity index (χ4n) is 3.49. The van der Waals surface area contributed by atoms with Crippen molar-refractivity contribution in [3.05, 3.63) is 0 Å². The van der Waals surface area contributed by atoms with Crippen molar-refractivity contribution in [2.75, 3.05) is 19.6 Å². The van der Waals surface area contributed by atoms with E-state index in [4.69, 9.17) is 0 Å². The Morgan fingerprint density at radius 3 is 2.50 bits per heavy atom. The molecule has 1 heterocycles. The molecule has 1 atom stereocenters. The summed E-state index contributed by atoms with van der Waals surface area (Å²) in [5.74, 6) is 0.997. The van der Waals surface area contributed by atoms with Gasteiger partial charge in [-0.05, 0) is 57.5 Å². The van der Waals surface area contributed by atoms with Gasteiger partial charge in [-0.2, -0.15) is 0 Å². The van der Waals surface area contributed by atoms with E-state index >= 15 is 0 Å². The van der Waals surface area contributed by atoms with E-state index in [-0.39, 0.29) is 0 Å².